The third-order valence-corrected chi connectivity index (χ3v) is 5.29. The van der Waals surface area contributed by atoms with E-state index in [2.05, 4.69) is 10.2 Å². The molecule has 3 rings (SSSR count). The number of anilines is 1. The minimum atomic E-state index is -0.641. The molecule has 156 valence electrons. The Morgan fingerprint density at radius 3 is 2.72 bits per heavy atom. The number of β-amino-alcohol motifs (C(OH)–C–C–N with tert-alkyl or cyclic N) is 1. The Balaban J connectivity index is 1.47. The first kappa shape index (κ1) is 21.9. The molecule has 2 aromatic rings. The van der Waals surface area contributed by atoms with Crippen LogP contribution in [-0.4, -0.2) is 54.9 Å². The van der Waals surface area contributed by atoms with Gasteiger partial charge in [0.05, 0.1) is 22.8 Å². The highest BCUT2D eigenvalue weighted by Crippen LogP contribution is 2.29. The summed E-state index contributed by atoms with van der Waals surface area (Å²) < 4.78 is 11.5. The second-order valence-electron chi connectivity index (χ2n) is 6.96. The third kappa shape index (κ3) is 6.59. The van der Waals surface area contributed by atoms with Gasteiger partial charge in [0.1, 0.15) is 18.5 Å². The van der Waals surface area contributed by atoms with Crippen molar-refractivity contribution in [2.24, 2.45) is 0 Å². The zero-order valence-electron chi connectivity index (χ0n) is 16.1. The number of nitrogens with one attached hydrogen (secondary N) is 1. The molecule has 0 radical (unpaired) electrons. The van der Waals surface area contributed by atoms with Crippen LogP contribution in [0.4, 0.5) is 5.69 Å². The maximum absolute atomic E-state index is 11.0. The second kappa shape index (κ2) is 10.3. The summed E-state index contributed by atoms with van der Waals surface area (Å²) in [5.74, 6) is 0.507. The summed E-state index contributed by atoms with van der Waals surface area (Å²) in [6.45, 7) is 4.07. The Morgan fingerprint density at radius 1 is 1.28 bits per heavy atom. The number of ether oxygens (including phenoxy) is 2. The molecule has 0 bridgehead atoms. The zero-order valence-corrected chi connectivity index (χ0v) is 17.6. The number of carbonyl (C=O) groups excluding carboxylic acids is 1. The first-order valence-corrected chi connectivity index (χ1v) is 10.1. The number of nitrogens with zero attached hydrogens (tertiary/aromatic N) is 1. The van der Waals surface area contributed by atoms with Gasteiger partial charge in [0.25, 0.3) is 0 Å². The van der Waals surface area contributed by atoms with Crippen LogP contribution in [0.15, 0.2) is 42.5 Å². The van der Waals surface area contributed by atoms with Crippen LogP contribution in [0.2, 0.25) is 10.0 Å². The highest BCUT2D eigenvalue weighted by molar-refractivity contribution is 6.42. The van der Waals surface area contributed by atoms with Gasteiger partial charge in [-0.2, -0.15) is 0 Å². The van der Waals surface area contributed by atoms with Gasteiger partial charge in [0.15, 0.2) is 0 Å². The third-order valence-electron chi connectivity index (χ3n) is 4.55. The van der Waals surface area contributed by atoms with Gasteiger partial charge >= 0.3 is 0 Å². The molecule has 1 aliphatic rings. The SMILES string of the molecule is CC(=O)Nc1ccc(OCC(O)CN2CCOC(c3ccc(Cl)c(Cl)c3)C2)cc1. The zero-order chi connectivity index (χ0) is 20.8. The number of amides is 1. The molecule has 1 amide bonds. The predicted octanol–water partition coefficient (Wildman–Crippen LogP) is 3.77. The standard InChI is InChI=1S/C21H24Cl2N2O4/c1-14(26)24-16-3-5-18(6-4-16)29-13-17(27)11-25-8-9-28-21(12-25)15-2-7-19(22)20(23)10-15/h2-7,10,17,21,27H,8-9,11-13H2,1H3,(H,24,26). The number of aliphatic hydroxyl groups excluding tert-OH is 1. The van der Waals surface area contributed by atoms with Crippen molar-refractivity contribution < 1.29 is 19.4 Å². The van der Waals surface area contributed by atoms with Crippen molar-refractivity contribution in [3.05, 3.63) is 58.1 Å². The molecular formula is C21H24Cl2N2O4. The molecule has 2 aromatic carbocycles. The minimum absolute atomic E-state index is 0.118. The van der Waals surface area contributed by atoms with Crippen LogP contribution in [0.25, 0.3) is 0 Å². The monoisotopic (exact) mass is 438 g/mol. The summed E-state index contributed by atoms with van der Waals surface area (Å²) in [5, 5.41) is 14.1. The molecule has 1 saturated heterocycles. The van der Waals surface area contributed by atoms with Crippen molar-refractivity contribution in [1.82, 2.24) is 4.90 Å². The summed E-state index contributed by atoms with van der Waals surface area (Å²) in [6.07, 6.45) is -0.759. The fourth-order valence-electron chi connectivity index (χ4n) is 3.16. The summed E-state index contributed by atoms with van der Waals surface area (Å²) in [5.41, 5.74) is 1.67. The summed E-state index contributed by atoms with van der Waals surface area (Å²) in [4.78, 5) is 13.2. The molecule has 0 aliphatic carbocycles. The lowest BCUT2D eigenvalue weighted by Gasteiger charge is -2.34. The van der Waals surface area contributed by atoms with E-state index in [-0.39, 0.29) is 18.6 Å². The van der Waals surface area contributed by atoms with Crippen molar-refractivity contribution >= 4 is 34.8 Å². The van der Waals surface area contributed by atoms with E-state index < -0.39 is 6.10 Å². The van der Waals surface area contributed by atoms with E-state index in [9.17, 15) is 9.90 Å². The molecule has 8 heteroatoms. The van der Waals surface area contributed by atoms with E-state index in [0.29, 0.717) is 41.2 Å². The van der Waals surface area contributed by atoms with E-state index >= 15 is 0 Å². The van der Waals surface area contributed by atoms with E-state index in [1.807, 2.05) is 12.1 Å². The van der Waals surface area contributed by atoms with Crippen molar-refractivity contribution in [1.29, 1.82) is 0 Å². The van der Waals surface area contributed by atoms with Crippen molar-refractivity contribution in [3.63, 3.8) is 0 Å². The lowest BCUT2D eigenvalue weighted by Crippen LogP contribution is -2.43. The van der Waals surface area contributed by atoms with Gasteiger partial charge < -0.3 is 19.9 Å². The average Bonchev–Trinajstić information content (AvgIpc) is 2.69. The maximum Gasteiger partial charge on any atom is 0.221 e. The van der Waals surface area contributed by atoms with Crippen molar-refractivity contribution in [2.45, 2.75) is 19.1 Å². The number of hydrogen-bond donors (Lipinski definition) is 2. The van der Waals surface area contributed by atoms with Gasteiger partial charge in [0.2, 0.25) is 5.91 Å². The van der Waals surface area contributed by atoms with Crippen LogP contribution in [0, 0.1) is 0 Å². The maximum atomic E-state index is 11.0. The van der Waals surface area contributed by atoms with Gasteiger partial charge in [-0.15, -0.1) is 0 Å². The Bertz CT molecular complexity index is 832. The quantitative estimate of drug-likeness (QED) is 0.688. The van der Waals surface area contributed by atoms with E-state index in [0.717, 1.165) is 12.1 Å². The molecule has 1 aliphatic heterocycles. The summed E-state index contributed by atoms with van der Waals surface area (Å²) in [6, 6.07) is 12.5. The largest absolute Gasteiger partial charge is 0.491 e. The van der Waals surface area contributed by atoms with E-state index in [1.54, 1.807) is 30.3 Å². The summed E-state index contributed by atoms with van der Waals surface area (Å²) in [7, 11) is 0. The van der Waals surface area contributed by atoms with Crippen LogP contribution in [0.1, 0.15) is 18.6 Å². The topological polar surface area (TPSA) is 71.0 Å². The minimum Gasteiger partial charge on any atom is -0.491 e. The van der Waals surface area contributed by atoms with Crippen molar-refractivity contribution in [2.75, 3.05) is 38.2 Å². The summed E-state index contributed by atoms with van der Waals surface area (Å²) >= 11 is 12.1. The Labute approximate surface area is 180 Å². The Kier molecular flexibility index (Phi) is 7.75. The number of morpholine rings is 1. The molecule has 0 saturated carbocycles. The average molecular weight is 439 g/mol. The van der Waals surface area contributed by atoms with Crippen LogP contribution in [0.5, 0.6) is 5.75 Å². The number of hydrogen-bond acceptors (Lipinski definition) is 5. The number of aliphatic hydroxyl groups is 1. The number of rotatable bonds is 7. The molecule has 6 nitrogen and oxygen atoms in total. The molecule has 1 fully saturated rings. The van der Waals surface area contributed by atoms with Gasteiger partial charge in [-0.25, -0.2) is 0 Å². The lowest BCUT2D eigenvalue weighted by atomic mass is 10.1. The molecular weight excluding hydrogens is 415 g/mol. The molecule has 29 heavy (non-hydrogen) atoms. The number of benzene rings is 2. The normalized spacial score (nSPS) is 18.3. The van der Waals surface area contributed by atoms with Gasteiger partial charge in [0, 0.05) is 32.2 Å². The molecule has 2 N–H and O–H groups in total. The van der Waals surface area contributed by atoms with Crippen molar-refractivity contribution in [3.8, 4) is 5.75 Å². The first-order chi connectivity index (χ1) is 13.9. The smallest absolute Gasteiger partial charge is 0.221 e. The lowest BCUT2D eigenvalue weighted by molar-refractivity contribution is -0.114. The van der Waals surface area contributed by atoms with Crippen LogP contribution in [0.3, 0.4) is 0 Å². The number of halogens is 2. The van der Waals surface area contributed by atoms with Crippen LogP contribution in [-0.2, 0) is 9.53 Å². The highest BCUT2D eigenvalue weighted by Gasteiger charge is 2.24. The first-order valence-electron chi connectivity index (χ1n) is 9.38. The number of carbonyl (C=O) groups is 1. The predicted molar refractivity (Wildman–Crippen MR) is 114 cm³/mol. The Morgan fingerprint density at radius 2 is 2.03 bits per heavy atom. The Hall–Kier alpha value is -1.83. The van der Waals surface area contributed by atoms with Crippen LogP contribution >= 0.6 is 23.2 Å². The van der Waals surface area contributed by atoms with Gasteiger partial charge in [-0.3, -0.25) is 9.69 Å². The van der Waals surface area contributed by atoms with Gasteiger partial charge in [-0.05, 0) is 42.0 Å². The van der Waals surface area contributed by atoms with Gasteiger partial charge in [-0.1, -0.05) is 29.3 Å². The van der Waals surface area contributed by atoms with E-state index in [4.69, 9.17) is 32.7 Å². The molecule has 2 atom stereocenters. The second-order valence-corrected chi connectivity index (χ2v) is 7.78. The molecule has 0 spiro atoms. The fourth-order valence-corrected chi connectivity index (χ4v) is 3.47. The molecule has 0 aromatic heterocycles. The van der Waals surface area contributed by atoms with E-state index in [1.165, 1.54) is 6.92 Å². The molecule has 2 unspecified atom stereocenters. The molecule has 1 heterocycles. The highest BCUT2D eigenvalue weighted by atomic mass is 35.5. The van der Waals surface area contributed by atoms with Crippen LogP contribution < -0.4 is 10.1 Å². The fraction of sp³-hybridized carbons (Fsp3) is 0.381.